The van der Waals surface area contributed by atoms with Gasteiger partial charge in [-0.3, -0.25) is 4.79 Å². The van der Waals surface area contributed by atoms with E-state index in [4.69, 9.17) is 16.3 Å². The van der Waals surface area contributed by atoms with Crippen LogP contribution in [0.4, 0.5) is 5.82 Å². The van der Waals surface area contributed by atoms with Crippen molar-refractivity contribution < 1.29 is 9.53 Å². The Hall–Kier alpha value is -2.34. The average molecular weight is 403 g/mol. The van der Waals surface area contributed by atoms with Crippen molar-refractivity contribution in [3.8, 4) is 5.75 Å². The van der Waals surface area contributed by atoms with Crippen LogP contribution in [0.2, 0.25) is 5.02 Å². The summed E-state index contributed by atoms with van der Waals surface area (Å²) in [5, 5.41) is 0.700. The molecule has 1 aromatic carbocycles. The van der Waals surface area contributed by atoms with Crippen LogP contribution in [-0.2, 0) is 4.79 Å². The van der Waals surface area contributed by atoms with E-state index in [1.165, 1.54) is 0 Å². The first-order valence-corrected chi connectivity index (χ1v) is 10.0. The second-order valence-corrected chi connectivity index (χ2v) is 7.58. The van der Waals surface area contributed by atoms with E-state index in [1.807, 2.05) is 49.9 Å². The van der Waals surface area contributed by atoms with E-state index in [-0.39, 0.29) is 5.91 Å². The van der Waals surface area contributed by atoms with Crippen LogP contribution in [0.25, 0.3) is 0 Å². The molecule has 1 fully saturated rings. The maximum Gasteiger partial charge on any atom is 0.222 e. The van der Waals surface area contributed by atoms with Gasteiger partial charge >= 0.3 is 0 Å². The molecule has 1 aliphatic heterocycles. The molecule has 2 aromatic rings. The van der Waals surface area contributed by atoms with Crippen molar-refractivity contribution in [2.75, 3.05) is 37.7 Å². The predicted octanol–water partition coefficient (Wildman–Crippen LogP) is 3.56. The standard InChI is InChI=1S/C21H27ClN4O2/c1-15-13-18(22)6-7-19(15)28-12-4-5-21(27)26-10-8-25(9-11-26)20-14-16(2)23-17(3)24-20/h6-7,13-14H,4-5,8-12H2,1-3H3. The Bertz CT molecular complexity index is 815. The number of piperazine rings is 1. The molecule has 150 valence electrons. The van der Waals surface area contributed by atoms with Gasteiger partial charge in [0.15, 0.2) is 0 Å². The summed E-state index contributed by atoms with van der Waals surface area (Å²) in [4.78, 5) is 25.5. The van der Waals surface area contributed by atoms with E-state index < -0.39 is 0 Å². The average Bonchev–Trinajstić information content (AvgIpc) is 2.66. The van der Waals surface area contributed by atoms with Crippen molar-refractivity contribution in [2.24, 2.45) is 0 Å². The molecule has 0 aliphatic carbocycles. The zero-order valence-electron chi connectivity index (χ0n) is 16.7. The number of carbonyl (C=O) groups excluding carboxylic acids is 1. The Balaban J connectivity index is 1.41. The number of aromatic nitrogens is 2. The van der Waals surface area contributed by atoms with Crippen LogP contribution in [0.15, 0.2) is 24.3 Å². The number of hydrogen-bond donors (Lipinski definition) is 0. The number of halogens is 1. The summed E-state index contributed by atoms with van der Waals surface area (Å²) >= 11 is 5.95. The number of rotatable bonds is 6. The normalized spacial score (nSPS) is 14.3. The second kappa shape index (κ2) is 9.24. The molecule has 3 rings (SSSR count). The third kappa shape index (κ3) is 5.35. The van der Waals surface area contributed by atoms with Crippen LogP contribution in [0, 0.1) is 20.8 Å². The maximum atomic E-state index is 12.5. The zero-order chi connectivity index (χ0) is 20.1. The molecule has 1 aliphatic rings. The molecule has 7 heteroatoms. The van der Waals surface area contributed by atoms with Crippen LogP contribution in [0.3, 0.4) is 0 Å². The molecule has 1 aromatic heterocycles. The number of carbonyl (C=O) groups is 1. The van der Waals surface area contributed by atoms with Crippen LogP contribution < -0.4 is 9.64 Å². The second-order valence-electron chi connectivity index (χ2n) is 7.14. The van der Waals surface area contributed by atoms with Gasteiger partial charge in [0.1, 0.15) is 17.4 Å². The van der Waals surface area contributed by atoms with Gasteiger partial charge in [-0.2, -0.15) is 0 Å². The van der Waals surface area contributed by atoms with Gasteiger partial charge in [0.2, 0.25) is 5.91 Å². The zero-order valence-corrected chi connectivity index (χ0v) is 17.5. The lowest BCUT2D eigenvalue weighted by Gasteiger charge is -2.35. The molecule has 28 heavy (non-hydrogen) atoms. The molecular weight excluding hydrogens is 376 g/mol. The van der Waals surface area contributed by atoms with Gasteiger partial charge < -0.3 is 14.5 Å². The van der Waals surface area contributed by atoms with Crippen molar-refractivity contribution in [1.82, 2.24) is 14.9 Å². The van der Waals surface area contributed by atoms with Crippen LogP contribution in [0.1, 0.15) is 29.9 Å². The molecule has 0 spiro atoms. The SMILES string of the molecule is Cc1cc(N2CCN(C(=O)CCCOc3ccc(Cl)cc3C)CC2)nc(C)n1. The lowest BCUT2D eigenvalue weighted by Crippen LogP contribution is -2.49. The highest BCUT2D eigenvalue weighted by Gasteiger charge is 2.22. The predicted molar refractivity (Wildman–Crippen MR) is 111 cm³/mol. The van der Waals surface area contributed by atoms with Gasteiger partial charge in [0.05, 0.1) is 6.61 Å². The Morgan fingerprint density at radius 1 is 1.11 bits per heavy atom. The van der Waals surface area contributed by atoms with Crippen molar-refractivity contribution in [3.63, 3.8) is 0 Å². The van der Waals surface area contributed by atoms with E-state index in [9.17, 15) is 4.79 Å². The highest BCUT2D eigenvalue weighted by atomic mass is 35.5. The van der Waals surface area contributed by atoms with Gasteiger partial charge in [0, 0.05) is 49.4 Å². The fraction of sp³-hybridized carbons (Fsp3) is 0.476. The maximum absolute atomic E-state index is 12.5. The van der Waals surface area contributed by atoms with Crippen LogP contribution in [0.5, 0.6) is 5.75 Å². The lowest BCUT2D eigenvalue weighted by molar-refractivity contribution is -0.131. The summed E-state index contributed by atoms with van der Waals surface area (Å²) in [5.41, 5.74) is 1.97. The molecule has 0 atom stereocenters. The van der Waals surface area contributed by atoms with Gasteiger partial charge in [-0.15, -0.1) is 0 Å². The summed E-state index contributed by atoms with van der Waals surface area (Å²) in [6, 6.07) is 7.56. The first kappa shape index (κ1) is 20.4. The van der Waals surface area contributed by atoms with E-state index in [2.05, 4.69) is 14.9 Å². The molecule has 1 saturated heterocycles. The molecule has 0 bridgehead atoms. The number of ether oxygens (including phenoxy) is 1. The number of benzene rings is 1. The molecule has 2 heterocycles. The van der Waals surface area contributed by atoms with Crippen LogP contribution >= 0.6 is 11.6 Å². The highest BCUT2D eigenvalue weighted by Crippen LogP contribution is 2.22. The Morgan fingerprint density at radius 3 is 2.54 bits per heavy atom. The highest BCUT2D eigenvalue weighted by molar-refractivity contribution is 6.30. The summed E-state index contributed by atoms with van der Waals surface area (Å²) in [6.07, 6.45) is 1.20. The molecule has 1 amide bonds. The third-order valence-electron chi connectivity index (χ3n) is 4.84. The number of nitrogens with zero attached hydrogens (tertiary/aromatic N) is 4. The fourth-order valence-electron chi connectivity index (χ4n) is 3.38. The monoisotopic (exact) mass is 402 g/mol. The van der Waals surface area contributed by atoms with Crippen molar-refractivity contribution >= 4 is 23.3 Å². The summed E-state index contributed by atoms with van der Waals surface area (Å²) in [6.45, 7) is 9.40. The van der Waals surface area contributed by atoms with Crippen molar-refractivity contribution in [1.29, 1.82) is 0 Å². The molecular formula is C21H27ClN4O2. The topological polar surface area (TPSA) is 58.6 Å². The largest absolute Gasteiger partial charge is 0.493 e. The molecule has 0 radical (unpaired) electrons. The Morgan fingerprint density at radius 2 is 1.86 bits per heavy atom. The summed E-state index contributed by atoms with van der Waals surface area (Å²) < 4.78 is 5.77. The van der Waals surface area contributed by atoms with Gasteiger partial charge in [-0.25, -0.2) is 9.97 Å². The molecule has 6 nitrogen and oxygen atoms in total. The molecule has 0 unspecified atom stereocenters. The smallest absolute Gasteiger partial charge is 0.222 e. The minimum atomic E-state index is 0.186. The number of hydrogen-bond acceptors (Lipinski definition) is 5. The van der Waals surface area contributed by atoms with Gasteiger partial charge in [0.25, 0.3) is 0 Å². The van der Waals surface area contributed by atoms with E-state index in [0.717, 1.165) is 54.8 Å². The Labute approximate surface area is 171 Å². The van der Waals surface area contributed by atoms with E-state index in [1.54, 1.807) is 0 Å². The first-order valence-electron chi connectivity index (χ1n) is 9.66. The summed E-state index contributed by atoms with van der Waals surface area (Å²) in [7, 11) is 0. The van der Waals surface area contributed by atoms with E-state index >= 15 is 0 Å². The molecule has 0 N–H and O–H groups in total. The minimum Gasteiger partial charge on any atom is -0.493 e. The van der Waals surface area contributed by atoms with Gasteiger partial charge in [-0.05, 0) is 51.0 Å². The van der Waals surface area contributed by atoms with Gasteiger partial charge in [-0.1, -0.05) is 11.6 Å². The van der Waals surface area contributed by atoms with Crippen LogP contribution in [-0.4, -0.2) is 53.6 Å². The van der Waals surface area contributed by atoms with Crippen molar-refractivity contribution in [3.05, 3.63) is 46.4 Å². The number of anilines is 1. The number of amides is 1. The Kier molecular flexibility index (Phi) is 6.73. The van der Waals surface area contributed by atoms with Crippen molar-refractivity contribution in [2.45, 2.75) is 33.6 Å². The number of aryl methyl sites for hydroxylation is 3. The first-order chi connectivity index (χ1) is 13.4. The van der Waals surface area contributed by atoms with E-state index in [0.29, 0.717) is 24.5 Å². The summed E-state index contributed by atoms with van der Waals surface area (Å²) in [5.74, 6) is 2.74. The fourth-order valence-corrected chi connectivity index (χ4v) is 3.61. The lowest BCUT2D eigenvalue weighted by atomic mass is 10.2. The quantitative estimate of drug-likeness (QED) is 0.691. The minimum absolute atomic E-state index is 0.186. The molecule has 0 saturated carbocycles. The third-order valence-corrected chi connectivity index (χ3v) is 5.07.